The van der Waals surface area contributed by atoms with Crippen molar-refractivity contribution in [2.75, 3.05) is 35.0 Å². The Morgan fingerprint density at radius 1 is 0.809 bits per heavy atom. The SMILES string of the molecule is CCC[C@H]1[C@H](OC(C)=O)[C@H]2[C@@H](C)[C@@](OC(C)=O)([C@@H](OC)[C@@H](C)OC(C)=O)C[C@H]2C([C@H](C[C@H](C)OC(C)=O)OC)[C@@H](CCOC)[C@H]1OC. The molecule has 0 spiro atoms. The Hall–Kier alpha value is -2.28. The minimum absolute atomic E-state index is 0.147. The van der Waals surface area contributed by atoms with Crippen LogP contribution in [0.3, 0.4) is 0 Å². The summed E-state index contributed by atoms with van der Waals surface area (Å²) in [7, 11) is 6.50. The van der Waals surface area contributed by atoms with E-state index in [-0.39, 0.29) is 41.7 Å². The first-order valence-electron chi connectivity index (χ1n) is 16.9. The van der Waals surface area contributed by atoms with Crippen LogP contribution in [0.2, 0.25) is 0 Å². The van der Waals surface area contributed by atoms with Gasteiger partial charge in [-0.1, -0.05) is 20.3 Å². The van der Waals surface area contributed by atoms with Gasteiger partial charge in [0.15, 0.2) is 0 Å². The molecule has 0 aliphatic heterocycles. The average molecular weight is 673 g/mol. The predicted octanol–water partition coefficient (Wildman–Crippen LogP) is 4.53. The monoisotopic (exact) mass is 672 g/mol. The third-order valence-electron chi connectivity index (χ3n) is 10.4. The van der Waals surface area contributed by atoms with Gasteiger partial charge in [0.1, 0.15) is 30.0 Å². The second-order valence-corrected chi connectivity index (χ2v) is 13.4. The van der Waals surface area contributed by atoms with Gasteiger partial charge in [-0.25, -0.2) is 0 Å². The molecule has 0 aromatic carbocycles. The number of hydrogen-bond acceptors (Lipinski definition) is 12. The lowest BCUT2D eigenvalue weighted by molar-refractivity contribution is -0.206. The molecule has 0 N–H and O–H groups in total. The molecule has 0 saturated heterocycles. The van der Waals surface area contributed by atoms with E-state index in [0.29, 0.717) is 32.3 Å². The zero-order chi connectivity index (χ0) is 35.6. The number of rotatable bonds is 17. The van der Waals surface area contributed by atoms with E-state index >= 15 is 0 Å². The van der Waals surface area contributed by atoms with Crippen molar-refractivity contribution < 1.29 is 57.1 Å². The highest BCUT2D eigenvalue weighted by Gasteiger charge is 2.67. The van der Waals surface area contributed by atoms with Crippen LogP contribution in [-0.4, -0.2) is 101 Å². The van der Waals surface area contributed by atoms with Gasteiger partial charge in [-0.2, -0.15) is 0 Å². The molecule has 2 saturated carbocycles. The quantitative estimate of drug-likeness (QED) is 0.158. The number of methoxy groups -OCH3 is 4. The molecule has 0 aromatic heterocycles. The van der Waals surface area contributed by atoms with E-state index in [4.69, 9.17) is 37.9 Å². The van der Waals surface area contributed by atoms with Crippen LogP contribution in [0.25, 0.3) is 0 Å². The normalized spacial score (nSPS) is 33.0. The molecule has 0 amide bonds. The molecule has 12 nitrogen and oxygen atoms in total. The van der Waals surface area contributed by atoms with Gasteiger partial charge < -0.3 is 37.9 Å². The van der Waals surface area contributed by atoms with E-state index < -0.39 is 59.9 Å². The molecule has 2 aliphatic rings. The fourth-order valence-electron chi connectivity index (χ4n) is 9.18. The van der Waals surface area contributed by atoms with Gasteiger partial charge in [-0.05, 0) is 50.9 Å². The molecule has 47 heavy (non-hydrogen) atoms. The number of esters is 4. The number of fused-ring (bicyclic) bond motifs is 1. The Kier molecular flexibility index (Phi) is 16.1. The number of carbonyl (C=O) groups excluding carboxylic acids is 4. The van der Waals surface area contributed by atoms with Crippen LogP contribution in [0.4, 0.5) is 0 Å². The maximum Gasteiger partial charge on any atom is 0.303 e. The molecule has 2 rings (SSSR count). The molecule has 12 heteroatoms. The Labute approximate surface area is 281 Å². The first-order valence-corrected chi connectivity index (χ1v) is 16.9. The summed E-state index contributed by atoms with van der Waals surface area (Å²) in [5.41, 5.74) is -1.26. The Bertz CT molecular complexity index is 1030. The van der Waals surface area contributed by atoms with E-state index in [1.54, 1.807) is 28.3 Å². The Balaban J connectivity index is 2.99. The summed E-state index contributed by atoms with van der Waals surface area (Å²) in [6.07, 6.45) is -0.574. The van der Waals surface area contributed by atoms with Gasteiger partial charge in [0.2, 0.25) is 0 Å². The topological polar surface area (TPSA) is 142 Å². The van der Waals surface area contributed by atoms with Gasteiger partial charge in [0.25, 0.3) is 0 Å². The molecule has 2 fully saturated rings. The van der Waals surface area contributed by atoms with Gasteiger partial charge in [0.05, 0.1) is 12.2 Å². The van der Waals surface area contributed by atoms with Crippen molar-refractivity contribution in [3.05, 3.63) is 0 Å². The second-order valence-electron chi connectivity index (χ2n) is 13.4. The summed E-state index contributed by atoms with van der Waals surface area (Å²) in [4.78, 5) is 49.9. The van der Waals surface area contributed by atoms with Crippen molar-refractivity contribution in [3.8, 4) is 0 Å². The fraction of sp³-hybridized carbons (Fsp3) is 0.886. The summed E-state index contributed by atoms with van der Waals surface area (Å²) < 4.78 is 48.2. The largest absolute Gasteiger partial charge is 0.463 e. The van der Waals surface area contributed by atoms with Gasteiger partial charge in [-0.15, -0.1) is 0 Å². The van der Waals surface area contributed by atoms with Crippen molar-refractivity contribution in [1.29, 1.82) is 0 Å². The Morgan fingerprint density at radius 3 is 1.91 bits per heavy atom. The molecule has 1 unspecified atom stereocenters. The molecular weight excluding hydrogens is 612 g/mol. The van der Waals surface area contributed by atoms with Crippen LogP contribution in [0.15, 0.2) is 0 Å². The van der Waals surface area contributed by atoms with Crippen molar-refractivity contribution in [1.82, 2.24) is 0 Å². The van der Waals surface area contributed by atoms with E-state index in [1.807, 2.05) is 13.8 Å². The Morgan fingerprint density at radius 2 is 1.45 bits per heavy atom. The van der Waals surface area contributed by atoms with Crippen LogP contribution < -0.4 is 0 Å². The molecule has 13 atom stereocenters. The number of hydrogen-bond donors (Lipinski definition) is 0. The molecule has 0 heterocycles. The van der Waals surface area contributed by atoms with E-state index in [1.165, 1.54) is 34.8 Å². The second kappa shape index (κ2) is 18.5. The lowest BCUT2D eigenvalue weighted by Gasteiger charge is -2.45. The lowest BCUT2D eigenvalue weighted by atomic mass is 9.70. The van der Waals surface area contributed by atoms with Gasteiger partial charge >= 0.3 is 23.9 Å². The van der Waals surface area contributed by atoms with Crippen molar-refractivity contribution in [2.45, 2.75) is 130 Å². The first kappa shape index (κ1) is 40.9. The van der Waals surface area contributed by atoms with Crippen LogP contribution in [0.1, 0.15) is 87.5 Å². The molecule has 0 bridgehead atoms. The van der Waals surface area contributed by atoms with Crippen molar-refractivity contribution in [2.24, 2.45) is 35.5 Å². The standard InChI is InChI=1S/C35H60O12/c1-13-14-27-32(42-11)26(15-16-40-9)31(29(41-10)17-19(2)44-22(5)36)28-18-35(47-25(8)39,34(43-12)21(4)45-23(6)37)20(3)30(28)33(27)46-24(7)38/h19-21,26-34H,13-18H2,1-12H3/t19-,20+,21+,26+,27+,28+,29-,30-,31?,32+,33-,34-,35+/m0/s1. The van der Waals surface area contributed by atoms with E-state index in [2.05, 4.69) is 6.92 Å². The summed E-state index contributed by atoms with van der Waals surface area (Å²) in [5, 5.41) is 0. The van der Waals surface area contributed by atoms with Gasteiger partial charge in [0, 0.05) is 86.9 Å². The van der Waals surface area contributed by atoms with E-state index in [9.17, 15) is 19.2 Å². The highest BCUT2D eigenvalue weighted by Crippen LogP contribution is 2.60. The summed E-state index contributed by atoms with van der Waals surface area (Å²) >= 11 is 0. The van der Waals surface area contributed by atoms with E-state index in [0.717, 1.165) is 6.42 Å². The maximum atomic E-state index is 13.0. The molecule has 0 aromatic rings. The minimum Gasteiger partial charge on any atom is -0.463 e. The third-order valence-corrected chi connectivity index (χ3v) is 10.4. The molecule has 272 valence electrons. The van der Waals surface area contributed by atoms with Crippen molar-refractivity contribution >= 4 is 23.9 Å². The zero-order valence-corrected chi connectivity index (χ0v) is 30.6. The summed E-state index contributed by atoms with van der Waals surface area (Å²) in [5.74, 6) is -3.42. The molecule has 0 radical (unpaired) electrons. The minimum atomic E-state index is -1.26. The predicted molar refractivity (Wildman–Crippen MR) is 172 cm³/mol. The van der Waals surface area contributed by atoms with Crippen LogP contribution in [-0.2, 0) is 57.1 Å². The van der Waals surface area contributed by atoms with Crippen molar-refractivity contribution in [3.63, 3.8) is 0 Å². The summed E-state index contributed by atoms with van der Waals surface area (Å²) in [6.45, 7) is 13.6. The highest BCUT2D eigenvalue weighted by molar-refractivity contribution is 5.68. The third kappa shape index (κ3) is 9.67. The van der Waals surface area contributed by atoms with Crippen LogP contribution in [0.5, 0.6) is 0 Å². The maximum absolute atomic E-state index is 13.0. The highest BCUT2D eigenvalue weighted by atomic mass is 16.6. The summed E-state index contributed by atoms with van der Waals surface area (Å²) in [6, 6.07) is 0. The smallest absolute Gasteiger partial charge is 0.303 e. The number of carbonyl (C=O) groups is 4. The molecular formula is C35H60O12. The fourth-order valence-corrected chi connectivity index (χ4v) is 9.18. The van der Waals surface area contributed by atoms with Crippen LogP contribution in [0, 0.1) is 35.5 Å². The van der Waals surface area contributed by atoms with Gasteiger partial charge in [-0.3, -0.25) is 19.2 Å². The lowest BCUT2D eigenvalue weighted by Crippen LogP contribution is -2.56. The number of ether oxygens (including phenoxy) is 8. The molecule has 2 aliphatic carbocycles. The zero-order valence-electron chi connectivity index (χ0n) is 30.6. The first-order chi connectivity index (χ1) is 22.1. The average Bonchev–Trinajstić information content (AvgIpc) is 3.18. The van der Waals surface area contributed by atoms with Crippen LogP contribution >= 0.6 is 0 Å².